The van der Waals surface area contributed by atoms with Crippen molar-refractivity contribution < 1.29 is 49.8 Å². The number of anilines is 1. The van der Waals surface area contributed by atoms with Gasteiger partial charge in [-0.25, -0.2) is 9.18 Å². The van der Waals surface area contributed by atoms with Crippen LogP contribution in [0.3, 0.4) is 0 Å². The Morgan fingerprint density at radius 3 is 2.36 bits per heavy atom. The average Bonchev–Trinajstić information content (AvgIpc) is 3.62. The number of amides is 2. The van der Waals surface area contributed by atoms with Crippen LogP contribution in [0, 0.1) is 56.7 Å². The number of ether oxygens (including phenoxy) is 1. The molecule has 5 aliphatic rings. The van der Waals surface area contributed by atoms with Crippen LogP contribution in [0.1, 0.15) is 63.4 Å². The summed E-state index contributed by atoms with van der Waals surface area (Å²) in [7, 11) is 0. The second-order valence-corrected chi connectivity index (χ2v) is 11.4. The first kappa shape index (κ1) is 26.5. The molecule has 2 bridgehead atoms. The van der Waals surface area contributed by atoms with Crippen molar-refractivity contribution >= 4 is 17.7 Å². The number of nitrogens with zero attached hydrogens (tertiary/aromatic N) is 3. The molecule has 6 rings (SSSR count). The van der Waals surface area contributed by atoms with E-state index >= 15 is 0 Å². The number of rotatable bonds is 4. The number of likely N-dealkylation sites (tertiary alicyclic amines) is 1. The van der Waals surface area contributed by atoms with Gasteiger partial charge in [0.05, 0.1) is 0 Å². The molecule has 1 saturated carbocycles. The van der Waals surface area contributed by atoms with Crippen LogP contribution >= 0.6 is 0 Å². The molecule has 4 fully saturated rings. The van der Waals surface area contributed by atoms with Gasteiger partial charge in [-0.1, -0.05) is 0 Å². The summed E-state index contributed by atoms with van der Waals surface area (Å²) in [5.41, 5.74) is 1.80. The van der Waals surface area contributed by atoms with E-state index < -0.39 is 6.10 Å². The topological polar surface area (TPSA) is 53.1 Å². The van der Waals surface area contributed by atoms with Crippen molar-refractivity contribution in [3.8, 4) is 0 Å². The molecule has 1 aromatic carbocycles. The molecule has 1 spiro atoms. The van der Waals surface area contributed by atoms with E-state index in [1.807, 2.05) is 15.9 Å². The first-order valence-corrected chi connectivity index (χ1v) is 13.4. The quantitative estimate of drug-likeness (QED) is 0.432. The Balaban J connectivity index is 0.00000267. The van der Waals surface area contributed by atoms with Crippen molar-refractivity contribution in [2.75, 3.05) is 24.5 Å². The first-order valence-electron chi connectivity index (χ1n) is 13.4. The summed E-state index contributed by atoms with van der Waals surface area (Å²) in [4.78, 5) is 32.2. The van der Waals surface area contributed by atoms with Gasteiger partial charge in [0.15, 0.2) is 0 Å². The number of fused-ring (bicyclic) bond motifs is 4. The molecule has 1 aromatic rings. The Morgan fingerprint density at radius 2 is 1.75 bits per heavy atom. The fourth-order valence-corrected chi connectivity index (χ4v) is 7.14. The van der Waals surface area contributed by atoms with Crippen molar-refractivity contribution in [1.82, 2.24) is 9.80 Å². The van der Waals surface area contributed by atoms with Gasteiger partial charge in [-0.05, 0) is 94.3 Å². The van der Waals surface area contributed by atoms with Crippen LogP contribution in [0.4, 0.5) is 14.9 Å². The Labute approximate surface area is 237 Å². The summed E-state index contributed by atoms with van der Waals surface area (Å²) in [5, 5.41) is 0. The van der Waals surface area contributed by atoms with Gasteiger partial charge in [0.1, 0.15) is 5.82 Å². The summed E-state index contributed by atoms with van der Waals surface area (Å²) < 4.78 is 19.8. The van der Waals surface area contributed by atoms with E-state index in [0.29, 0.717) is 19.0 Å². The Hall–Kier alpha value is -1.10. The normalized spacial score (nSPS) is 29.6. The number of benzene rings is 1. The molecule has 8 heteroatoms. The molecular weight excluding hydrogens is 683 g/mol. The van der Waals surface area contributed by atoms with Gasteiger partial charge in [-0.2, -0.15) is 6.42 Å². The number of carbonyl (C=O) groups excluding carboxylic acids is 2. The smallest absolute Gasteiger partial charge is 0.482 e. The predicted octanol–water partition coefficient (Wildman–Crippen LogP) is 4.47. The van der Waals surface area contributed by atoms with Crippen molar-refractivity contribution in [3.05, 3.63) is 43.4 Å². The van der Waals surface area contributed by atoms with E-state index in [1.165, 1.54) is 6.07 Å². The van der Waals surface area contributed by atoms with Gasteiger partial charge in [0, 0.05) is 41.7 Å². The molecule has 4 aliphatic heterocycles. The van der Waals surface area contributed by atoms with Crippen LogP contribution in [0.15, 0.2) is 18.2 Å². The van der Waals surface area contributed by atoms with Crippen molar-refractivity contribution in [2.24, 2.45) is 5.92 Å². The molecule has 6 nitrogen and oxygen atoms in total. The maximum atomic E-state index is 14.3. The van der Waals surface area contributed by atoms with Crippen molar-refractivity contribution in [3.63, 3.8) is 0 Å². The summed E-state index contributed by atoms with van der Waals surface area (Å²) in [6.45, 7) is 10.2. The summed E-state index contributed by atoms with van der Waals surface area (Å²) in [6, 6.07) is 5.89. The number of hydrogen-bond acceptors (Lipinski definition) is 4. The minimum Gasteiger partial charge on any atom is -0.482 e. The van der Waals surface area contributed by atoms with E-state index in [0.717, 1.165) is 75.7 Å². The third-order valence-electron chi connectivity index (χ3n) is 9.25. The molecule has 0 aromatic heterocycles. The zero-order valence-corrected chi connectivity index (χ0v) is 25.1. The number of piperidine rings is 2. The van der Waals surface area contributed by atoms with Gasteiger partial charge >= 0.3 is 37.2 Å². The third-order valence-corrected chi connectivity index (χ3v) is 9.25. The molecule has 36 heavy (non-hydrogen) atoms. The van der Waals surface area contributed by atoms with Crippen LogP contribution in [0.5, 0.6) is 0 Å². The summed E-state index contributed by atoms with van der Waals surface area (Å²) in [5.74, 6) is 0.157. The van der Waals surface area contributed by atoms with E-state index in [1.54, 1.807) is 6.07 Å². The molecule has 1 aliphatic carbocycles. The van der Waals surface area contributed by atoms with E-state index in [-0.39, 0.29) is 72.3 Å². The molecule has 0 N–H and O–H groups in total. The standard InChI is InChI=1S/C28H36FN3O3.U/c1-3-18(2)35-27(34)32-21-7-8-22(32)16-23(15-21)30-12-10-28(11-13-30)17-31(26(33)19-4-5-19)25-9-6-20(29)14-24(25)28;/h6,9,14,18-19,21-23H,1-5,7-8,10-13,15-17H2;/q-2;+2/t18-,21?,22?,23?;/m0./s1. The molecule has 3 saturated heterocycles. The third kappa shape index (κ3) is 4.65. The summed E-state index contributed by atoms with van der Waals surface area (Å²) >= 11 is 0. The predicted molar refractivity (Wildman–Crippen MR) is 131 cm³/mol. The van der Waals surface area contributed by atoms with Crippen LogP contribution < -0.4 is 4.90 Å². The molecule has 4 heterocycles. The van der Waals surface area contributed by atoms with E-state index in [9.17, 15) is 14.0 Å². The maximum Gasteiger partial charge on any atom is 2.00 e. The number of halogens is 1. The minimum absolute atomic E-state index is 0. The zero-order chi connectivity index (χ0) is 24.3. The monoisotopic (exact) mass is 719 g/mol. The molecule has 3 atom stereocenters. The van der Waals surface area contributed by atoms with Crippen LogP contribution in [-0.4, -0.2) is 65.7 Å². The van der Waals surface area contributed by atoms with E-state index in [4.69, 9.17) is 4.74 Å². The fourth-order valence-electron chi connectivity index (χ4n) is 7.14. The first-order chi connectivity index (χ1) is 16.9. The Kier molecular flexibility index (Phi) is 7.53. The Bertz CT molecular complexity index is 996. The van der Waals surface area contributed by atoms with Gasteiger partial charge in [0.2, 0.25) is 5.91 Å². The second-order valence-electron chi connectivity index (χ2n) is 11.4. The molecule has 0 radical (unpaired) electrons. The average molecular weight is 720 g/mol. The summed E-state index contributed by atoms with van der Waals surface area (Å²) in [6.07, 6.45) is 7.68. The van der Waals surface area contributed by atoms with Crippen molar-refractivity contribution in [2.45, 2.75) is 87.4 Å². The minimum atomic E-state index is -0.400. The van der Waals surface area contributed by atoms with E-state index in [2.05, 4.69) is 18.7 Å². The van der Waals surface area contributed by atoms with Crippen LogP contribution in [0.2, 0.25) is 0 Å². The number of carbonyl (C=O) groups is 2. The fraction of sp³-hybridized carbons (Fsp3) is 0.643. The maximum absolute atomic E-state index is 14.3. The molecule has 192 valence electrons. The van der Waals surface area contributed by atoms with Gasteiger partial charge in [0.25, 0.3) is 0 Å². The van der Waals surface area contributed by atoms with Gasteiger partial charge < -0.3 is 33.3 Å². The molecule has 2 amide bonds. The molecular formula is C28H36FN3O3U. The van der Waals surface area contributed by atoms with Crippen LogP contribution in [0.25, 0.3) is 0 Å². The molecule has 2 unspecified atom stereocenters. The number of hydrogen-bond donors (Lipinski definition) is 0. The van der Waals surface area contributed by atoms with Crippen molar-refractivity contribution in [1.29, 1.82) is 0 Å². The largest absolute Gasteiger partial charge is 2.00 e. The second kappa shape index (κ2) is 10.2. The van der Waals surface area contributed by atoms with Crippen LogP contribution in [-0.2, 0) is 14.9 Å². The Morgan fingerprint density at radius 1 is 1.08 bits per heavy atom. The van der Waals surface area contributed by atoms with Gasteiger partial charge in [-0.3, -0.25) is 4.79 Å². The zero-order valence-electron chi connectivity index (χ0n) is 21.0. The van der Waals surface area contributed by atoms with Gasteiger partial charge in [-0.15, -0.1) is 0 Å². The SMILES string of the molecule is [CH2-]C[C@H]([CH2-])OC(=O)N1C2CCC1CC(N1CCC3(CC1)CN(C(=O)C1CC1)c1ccc(F)cc13)C2.[U+2].